The molecule has 2 aromatic rings. The maximum atomic E-state index is 12.3. The Balaban J connectivity index is 2.23. The van der Waals surface area contributed by atoms with E-state index in [4.69, 9.17) is 10.8 Å². The first-order chi connectivity index (χ1) is 10.1. The minimum atomic E-state index is -0.651. The van der Waals surface area contributed by atoms with E-state index < -0.39 is 18.4 Å². The fourth-order valence-corrected chi connectivity index (χ4v) is 1.78. The van der Waals surface area contributed by atoms with E-state index in [1.54, 1.807) is 48.5 Å². The van der Waals surface area contributed by atoms with Gasteiger partial charge in [0.05, 0.1) is 22.6 Å². The summed E-state index contributed by atoms with van der Waals surface area (Å²) in [5, 5.41) is 13.9. The normalized spacial score (nSPS) is 9.95. The highest BCUT2D eigenvalue weighted by molar-refractivity contribution is 6.11. The van der Waals surface area contributed by atoms with E-state index in [0.29, 0.717) is 17.1 Å². The predicted molar refractivity (Wildman–Crippen MR) is 81.0 cm³/mol. The number of carbonyl (C=O) groups is 2. The summed E-state index contributed by atoms with van der Waals surface area (Å²) in [6.45, 7) is -0.651. The second-order valence-electron chi connectivity index (χ2n) is 4.29. The van der Waals surface area contributed by atoms with Gasteiger partial charge < -0.3 is 21.5 Å². The lowest BCUT2D eigenvalue weighted by molar-refractivity contribution is -0.118. The van der Waals surface area contributed by atoms with Gasteiger partial charge in [0.2, 0.25) is 5.91 Å². The highest BCUT2D eigenvalue weighted by atomic mass is 16.3. The van der Waals surface area contributed by atoms with Crippen LogP contribution in [0.3, 0.4) is 0 Å². The summed E-state index contributed by atoms with van der Waals surface area (Å²) >= 11 is 0. The minimum Gasteiger partial charge on any atom is -0.397 e. The van der Waals surface area contributed by atoms with E-state index in [-0.39, 0.29) is 5.56 Å². The molecule has 0 aliphatic rings. The number of amides is 2. The minimum absolute atomic E-state index is 0.280. The number of benzene rings is 2. The molecular weight excluding hydrogens is 270 g/mol. The standard InChI is InChI=1S/C15H15N3O3/c16-11-6-2-4-8-13(11)18-15(21)10-5-1-3-7-12(10)17-14(20)9-19/h1-8,19H,9,16H2,(H,17,20)(H,18,21). The Hall–Kier alpha value is -2.86. The highest BCUT2D eigenvalue weighted by Gasteiger charge is 2.13. The summed E-state index contributed by atoms with van der Waals surface area (Å²) in [6.07, 6.45) is 0. The van der Waals surface area contributed by atoms with Gasteiger partial charge in [0, 0.05) is 0 Å². The first kappa shape index (κ1) is 14.5. The summed E-state index contributed by atoms with van der Waals surface area (Å²) in [7, 11) is 0. The number of para-hydroxylation sites is 3. The Bertz CT molecular complexity index is 671. The number of nitrogen functional groups attached to an aromatic ring is 1. The topological polar surface area (TPSA) is 104 Å². The van der Waals surface area contributed by atoms with Crippen LogP contribution in [-0.2, 0) is 4.79 Å². The van der Waals surface area contributed by atoms with Crippen molar-refractivity contribution in [3.63, 3.8) is 0 Å². The molecule has 108 valence electrons. The first-order valence-electron chi connectivity index (χ1n) is 6.27. The van der Waals surface area contributed by atoms with Crippen LogP contribution in [0.25, 0.3) is 0 Å². The Labute approximate surface area is 121 Å². The van der Waals surface area contributed by atoms with Crippen LogP contribution >= 0.6 is 0 Å². The molecule has 0 spiro atoms. The number of carbonyl (C=O) groups excluding carboxylic acids is 2. The summed E-state index contributed by atoms with van der Waals surface area (Å²) in [4.78, 5) is 23.5. The number of aliphatic hydroxyl groups excluding tert-OH is 1. The molecule has 0 saturated heterocycles. The van der Waals surface area contributed by atoms with Crippen LogP contribution in [0.1, 0.15) is 10.4 Å². The Morgan fingerprint density at radius 3 is 2.24 bits per heavy atom. The third-order valence-corrected chi connectivity index (χ3v) is 2.80. The summed E-state index contributed by atoms with van der Waals surface area (Å²) in [5.41, 5.74) is 7.31. The van der Waals surface area contributed by atoms with Crippen molar-refractivity contribution in [2.75, 3.05) is 23.0 Å². The average Bonchev–Trinajstić information content (AvgIpc) is 2.50. The molecular formula is C15H15N3O3. The maximum absolute atomic E-state index is 12.3. The zero-order valence-corrected chi connectivity index (χ0v) is 11.2. The third kappa shape index (κ3) is 3.58. The van der Waals surface area contributed by atoms with Crippen molar-refractivity contribution in [2.24, 2.45) is 0 Å². The molecule has 0 heterocycles. The Morgan fingerprint density at radius 1 is 0.952 bits per heavy atom. The molecule has 0 radical (unpaired) electrons. The van der Waals surface area contributed by atoms with Gasteiger partial charge >= 0.3 is 0 Å². The van der Waals surface area contributed by atoms with Gasteiger partial charge in [0.1, 0.15) is 6.61 Å². The molecule has 21 heavy (non-hydrogen) atoms. The average molecular weight is 285 g/mol. The van der Waals surface area contributed by atoms with Crippen LogP contribution in [0.5, 0.6) is 0 Å². The van der Waals surface area contributed by atoms with Gasteiger partial charge in [-0.25, -0.2) is 0 Å². The molecule has 0 aromatic heterocycles. The van der Waals surface area contributed by atoms with E-state index in [9.17, 15) is 9.59 Å². The third-order valence-electron chi connectivity index (χ3n) is 2.80. The smallest absolute Gasteiger partial charge is 0.257 e. The number of aliphatic hydroxyl groups is 1. The number of anilines is 3. The molecule has 0 bridgehead atoms. The lowest BCUT2D eigenvalue weighted by Crippen LogP contribution is -2.20. The van der Waals surface area contributed by atoms with E-state index >= 15 is 0 Å². The molecule has 0 aliphatic carbocycles. The molecule has 2 aromatic carbocycles. The molecule has 0 aliphatic heterocycles. The largest absolute Gasteiger partial charge is 0.397 e. The summed E-state index contributed by atoms with van der Waals surface area (Å²) in [6, 6.07) is 13.4. The lowest BCUT2D eigenvalue weighted by atomic mass is 10.1. The zero-order valence-electron chi connectivity index (χ0n) is 11.2. The zero-order chi connectivity index (χ0) is 15.2. The molecule has 0 unspecified atom stereocenters. The van der Waals surface area contributed by atoms with E-state index in [0.717, 1.165) is 0 Å². The van der Waals surface area contributed by atoms with Crippen LogP contribution < -0.4 is 16.4 Å². The molecule has 6 heteroatoms. The van der Waals surface area contributed by atoms with Gasteiger partial charge in [-0.3, -0.25) is 9.59 Å². The van der Waals surface area contributed by atoms with Gasteiger partial charge in [0.25, 0.3) is 5.91 Å². The van der Waals surface area contributed by atoms with Crippen molar-refractivity contribution in [3.8, 4) is 0 Å². The van der Waals surface area contributed by atoms with Gasteiger partial charge in [-0.1, -0.05) is 24.3 Å². The van der Waals surface area contributed by atoms with Crippen molar-refractivity contribution >= 4 is 28.9 Å². The number of nitrogens with two attached hydrogens (primary N) is 1. The van der Waals surface area contributed by atoms with Gasteiger partial charge in [-0.05, 0) is 24.3 Å². The van der Waals surface area contributed by atoms with Crippen molar-refractivity contribution in [2.45, 2.75) is 0 Å². The lowest BCUT2D eigenvalue weighted by Gasteiger charge is -2.11. The summed E-state index contributed by atoms with van der Waals surface area (Å²) in [5.74, 6) is -0.990. The summed E-state index contributed by atoms with van der Waals surface area (Å²) < 4.78 is 0. The fraction of sp³-hybridized carbons (Fsp3) is 0.0667. The van der Waals surface area contributed by atoms with Crippen LogP contribution in [0.2, 0.25) is 0 Å². The van der Waals surface area contributed by atoms with Crippen LogP contribution in [0.15, 0.2) is 48.5 Å². The van der Waals surface area contributed by atoms with Crippen LogP contribution in [-0.4, -0.2) is 23.5 Å². The van der Waals surface area contributed by atoms with Crippen LogP contribution in [0.4, 0.5) is 17.1 Å². The van der Waals surface area contributed by atoms with Gasteiger partial charge in [-0.15, -0.1) is 0 Å². The molecule has 2 rings (SSSR count). The predicted octanol–water partition coefficient (Wildman–Crippen LogP) is 1.45. The van der Waals surface area contributed by atoms with Crippen molar-refractivity contribution in [1.82, 2.24) is 0 Å². The van der Waals surface area contributed by atoms with Crippen molar-refractivity contribution in [3.05, 3.63) is 54.1 Å². The van der Waals surface area contributed by atoms with Crippen molar-refractivity contribution < 1.29 is 14.7 Å². The highest BCUT2D eigenvalue weighted by Crippen LogP contribution is 2.20. The quantitative estimate of drug-likeness (QED) is 0.638. The molecule has 0 saturated carbocycles. The van der Waals surface area contributed by atoms with E-state index in [1.807, 2.05) is 0 Å². The number of nitrogens with one attached hydrogen (secondary N) is 2. The van der Waals surface area contributed by atoms with E-state index in [1.165, 1.54) is 0 Å². The fourth-order valence-electron chi connectivity index (χ4n) is 1.78. The number of rotatable bonds is 4. The molecule has 0 fully saturated rings. The monoisotopic (exact) mass is 285 g/mol. The molecule has 2 amide bonds. The Kier molecular flexibility index (Phi) is 4.53. The Morgan fingerprint density at radius 2 is 1.57 bits per heavy atom. The molecule has 5 N–H and O–H groups in total. The van der Waals surface area contributed by atoms with E-state index in [2.05, 4.69) is 10.6 Å². The van der Waals surface area contributed by atoms with Crippen molar-refractivity contribution in [1.29, 1.82) is 0 Å². The second-order valence-corrected chi connectivity index (χ2v) is 4.29. The first-order valence-corrected chi connectivity index (χ1v) is 6.27. The van der Waals surface area contributed by atoms with Gasteiger partial charge in [0.15, 0.2) is 0 Å². The van der Waals surface area contributed by atoms with Crippen LogP contribution in [0, 0.1) is 0 Å². The maximum Gasteiger partial charge on any atom is 0.257 e. The molecule has 6 nitrogen and oxygen atoms in total. The SMILES string of the molecule is Nc1ccccc1NC(=O)c1ccccc1NC(=O)CO. The second kappa shape index (κ2) is 6.53. The van der Waals surface area contributed by atoms with Gasteiger partial charge in [-0.2, -0.15) is 0 Å². The molecule has 0 atom stereocenters. The number of hydrogen-bond acceptors (Lipinski definition) is 4. The number of hydrogen-bond donors (Lipinski definition) is 4.